The monoisotopic (exact) mass is 250 g/mol. The smallest absolute Gasteiger partial charge is 0.0472 e. The molecule has 2 aromatic rings. The third-order valence-electron chi connectivity index (χ3n) is 2.94. The molecule has 0 atom stereocenters. The largest absolute Gasteiger partial charge is 0.361 e. The van der Waals surface area contributed by atoms with Crippen molar-refractivity contribution < 1.29 is 0 Å². The normalized spacial score (nSPS) is 11.5. The molecule has 0 spiro atoms. The molecule has 1 aromatic heterocycles. The predicted molar refractivity (Wildman–Crippen MR) is 74.5 cm³/mol. The molecule has 0 aliphatic heterocycles. The van der Waals surface area contributed by atoms with Gasteiger partial charge in [0.2, 0.25) is 0 Å². The number of hydrogen-bond donors (Lipinski definition) is 2. The van der Waals surface area contributed by atoms with E-state index in [2.05, 4.69) is 36.4 Å². The summed E-state index contributed by atoms with van der Waals surface area (Å²) in [4.78, 5) is 3.25. The van der Waals surface area contributed by atoms with Gasteiger partial charge in [0.25, 0.3) is 0 Å². The van der Waals surface area contributed by atoms with Crippen molar-refractivity contribution in [2.24, 2.45) is 5.92 Å². The Bertz CT molecular complexity index is 488. The lowest BCUT2D eigenvalue weighted by Crippen LogP contribution is -2.15. The Morgan fingerprint density at radius 3 is 2.94 bits per heavy atom. The van der Waals surface area contributed by atoms with Crippen LogP contribution in [0.4, 0.5) is 0 Å². The van der Waals surface area contributed by atoms with Gasteiger partial charge in [0.1, 0.15) is 0 Å². The molecule has 0 saturated carbocycles. The van der Waals surface area contributed by atoms with Crippen LogP contribution in [-0.2, 0) is 6.54 Å². The molecule has 1 heterocycles. The number of nitrogens with one attached hydrogen (secondary N) is 2. The first-order chi connectivity index (χ1) is 8.16. The van der Waals surface area contributed by atoms with Crippen molar-refractivity contribution in [2.75, 3.05) is 6.54 Å². The molecule has 0 aliphatic rings. The number of hydrogen-bond acceptors (Lipinski definition) is 1. The first kappa shape index (κ1) is 12.5. The average Bonchev–Trinajstić information content (AvgIpc) is 2.66. The number of benzene rings is 1. The summed E-state index contributed by atoms with van der Waals surface area (Å²) in [5, 5.41) is 5.51. The molecule has 0 unspecified atom stereocenters. The van der Waals surface area contributed by atoms with Gasteiger partial charge in [0.15, 0.2) is 0 Å². The second-order valence-corrected chi connectivity index (χ2v) is 5.30. The van der Waals surface area contributed by atoms with Crippen LogP contribution < -0.4 is 5.32 Å². The van der Waals surface area contributed by atoms with E-state index in [-0.39, 0.29) is 0 Å². The fraction of sp³-hybridized carbons (Fsp3) is 0.429. The molecule has 2 rings (SSSR count). The van der Waals surface area contributed by atoms with Crippen LogP contribution >= 0.6 is 11.6 Å². The number of H-pyrrole nitrogens is 1. The standard InChI is InChI=1S/C14H19ClN2/c1-10(2)5-6-16-8-11-9-17-14-7-12(15)3-4-13(11)14/h3-4,7,9-10,16-17H,5-6,8H2,1-2H3. The van der Waals surface area contributed by atoms with Crippen LogP contribution in [0.2, 0.25) is 5.02 Å². The predicted octanol–water partition coefficient (Wildman–Crippen LogP) is 3.96. The molecule has 1 aromatic carbocycles. The first-order valence-electron chi connectivity index (χ1n) is 6.13. The first-order valence-corrected chi connectivity index (χ1v) is 6.51. The molecule has 2 N–H and O–H groups in total. The minimum Gasteiger partial charge on any atom is -0.361 e. The van der Waals surface area contributed by atoms with Gasteiger partial charge in [-0.05, 0) is 36.6 Å². The summed E-state index contributed by atoms with van der Waals surface area (Å²) in [6.07, 6.45) is 3.28. The Morgan fingerprint density at radius 2 is 2.18 bits per heavy atom. The van der Waals surface area contributed by atoms with Crippen LogP contribution in [0, 0.1) is 5.92 Å². The molecule has 0 amide bonds. The second kappa shape index (κ2) is 5.56. The van der Waals surface area contributed by atoms with Gasteiger partial charge in [0, 0.05) is 28.7 Å². The summed E-state index contributed by atoms with van der Waals surface area (Å²) in [6.45, 7) is 6.47. The van der Waals surface area contributed by atoms with E-state index >= 15 is 0 Å². The van der Waals surface area contributed by atoms with E-state index in [0.717, 1.165) is 29.5 Å². The maximum atomic E-state index is 5.95. The minimum atomic E-state index is 0.754. The molecule has 0 radical (unpaired) electrons. The summed E-state index contributed by atoms with van der Waals surface area (Å²) >= 11 is 5.95. The van der Waals surface area contributed by atoms with Gasteiger partial charge in [-0.2, -0.15) is 0 Å². The Hall–Kier alpha value is -0.990. The van der Waals surface area contributed by atoms with Gasteiger partial charge >= 0.3 is 0 Å². The quantitative estimate of drug-likeness (QED) is 0.773. The molecular formula is C14H19ClN2. The summed E-state index contributed by atoms with van der Waals surface area (Å²) in [6, 6.07) is 5.98. The van der Waals surface area contributed by atoms with Crippen molar-refractivity contribution >= 4 is 22.5 Å². The lowest BCUT2D eigenvalue weighted by molar-refractivity contribution is 0.538. The van der Waals surface area contributed by atoms with E-state index in [0.29, 0.717) is 0 Å². The summed E-state index contributed by atoms with van der Waals surface area (Å²) in [5.41, 5.74) is 2.42. The van der Waals surface area contributed by atoms with Gasteiger partial charge in [-0.3, -0.25) is 0 Å². The molecule has 0 fully saturated rings. The van der Waals surface area contributed by atoms with Crippen molar-refractivity contribution in [3.05, 3.63) is 35.0 Å². The SMILES string of the molecule is CC(C)CCNCc1c[nH]c2cc(Cl)ccc12. The Labute approximate surface area is 107 Å². The Kier molecular flexibility index (Phi) is 4.08. The minimum absolute atomic E-state index is 0.754. The maximum absolute atomic E-state index is 5.95. The van der Waals surface area contributed by atoms with Crippen LogP contribution in [0.15, 0.2) is 24.4 Å². The van der Waals surface area contributed by atoms with Gasteiger partial charge in [0.05, 0.1) is 0 Å². The third kappa shape index (κ3) is 3.24. The van der Waals surface area contributed by atoms with E-state index < -0.39 is 0 Å². The van der Waals surface area contributed by atoms with Crippen molar-refractivity contribution in [1.82, 2.24) is 10.3 Å². The molecule has 0 bridgehead atoms. The van der Waals surface area contributed by atoms with Crippen molar-refractivity contribution in [3.8, 4) is 0 Å². The zero-order valence-electron chi connectivity index (χ0n) is 10.4. The number of aromatic amines is 1. The highest BCUT2D eigenvalue weighted by molar-refractivity contribution is 6.31. The number of halogens is 1. The molecule has 2 nitrogen and oxygen atoms in total. The van der Waals surface area contributed by atoms with E-state index in [1.54, 1.807) is 0 Å². The van der Waals surface area contributed by atoms with Crippen LogP contribution in [0.3, 0.4) is 0 Å². The third-order valence-corrected chi connectivity index (χ3v) is 3.18. The van der Waals surface area contributed by atoms with Crippen LogP contribution in [-0.4, -0.2) is 11.5 Å². The lowest BCUT2D eigenvalue weighted by Gasteiger charge is -2.06. The maximum Gasteiger partial charge on any atom is 0.0472 e. The van der Waals surface area contributed by atoms with Crippen LogP contribution in [0.1, 0.15) is 25.8 Å². The fourth-order valence-electron chi connectivity index (χ4n) is 1.92. The van der Waals surface area contributed by atoms with E-state index in [1.807, 2.05) is 12.1 Å². The molecule has 92 valence electrons. The summed E-state index contributed by atoms with van der Waals surface area (Å²) < 4.78 is 0. The Balaban J connectivity index is 1.99. The highest BCUT2D eigenvalue weighted by Crippen LogP contribution is 2.21. The summed E-state index contributed by atoms with van der Waals surface area (Å²) in [5.74, 6) is 0.754. The van der Waals surface area contributed by atoms with E-state index in [4.69, 9.17) is 11.6 Å². The van der Waals surface area contributed by atoms with Gasteiger partial charge in [-0.15, -0.1) is 0 Å². The fourth-order valence-corrected chi connectivity index (χ4v) is 2.09. The van der Waals surface area contributed by atoms with Crippen LogP contribution in [0.25, 0.3) is 10.9 Å². The molecule has 3 heteroatoms. The number of fused-ring (bicyclic) bond motifs is 1. The van der Waals surface area contributed by atoms with Crippen molar-refractivity contribution in [3.63, 3.8) is 0 Å². The molecule has 0 aliphatic carbocycles. The highest BCUT2D eigenvalue weighted by atomic mass is 35.5. The molecular weight excluding hydrogens is 232 g/mol. The van der Waals surface area contributed by atoms with E-state index in [1.165, 1.54) is 17.4 Å². The van der Waals surface area contributed by atoms with Gasteiger partial charge < -0.3 is 10.3 Å². The zero-order chi connectivity index (χ0) is 12.3. The Morgan fingerprint density at radius 1 is 1.35 bits per heavy atom. The second-order valence-electron chi connectivity index (χ2n) is 4.86. The van der Waals surface area contributed by atoms with Crippen molar-refractivity contribution in [2.45, 2.75) is 26.8 Å². The molecule has 0 saturated heterocycles. The van der Waals surface area contributed by atoms with Crippen LogP contribution in [0.5, 0.6) is 0 Å². The van der Waals surface area contributed by atoms with Crippen molar-refractivity contribution in [1.29, 1.82) is 0 Å². The van der Waals surface area contributed by atoms with Gasteiger partial charge in [-0.1, -0.05) is 31.5 Å². The zero-order valence-corrected chi connectivity index (χ0v) is 11.1. The average molecular weight is 251 g/mol. The van der Waals surface area contributed by atoms with Gasteiger partial charge in [-0.25, -0.2) is 0 Å². The topological polar surface area (TPSA) is 27.8 Å². The number of rotatable bonds is 5. The highest BCUT2D eigenvalue weighted by Gasteiger charge is 2.03. The lowest BCUT2D eigenvalue weighted by atomic mass is 10.1. The summed E-state index contributed by atoms with van der Waals surface area (Å²) in [7, 11) is 0. The number of aromatic nitrogens is 1. The van der Waals surface area contributed by atoms with E-state index in [9.17, 15) is 0 Å². The molecule has 17 heavy (non-hydrogen) atoms.